The van der Waals surface area contributed by atoms with Crippen LogP contribution in [0.15, 0.2) is 0 Å². The van der Waals surface area contributed by atoms with E-state index in [9.17, 15) is 14.4 Å². The molecule has 2 N–H and O–H groups in total. The number of carbonyl (C=O) groups excluding carboxylic acids is 3. The molecule has 0 radical (unpaired) electrons. The second-order valence-corrected chi connectivity index (χ2v) is 6.26. The van der Waals surface area contributed by atoms with E-state index in [1.165, 1.54) is 13.3 Å². The van der Waals surface area contributed by atoms with Gasteiger partial charge in [0.25, 0.3) is 5.91 Å². The fourth-order valence-corrected chi connectivity index (χ4v) is 2.94. The number of rotatable bonds is 4. The molecule has 0 spiro atoms. The Bertz CT molecular complexity index is 428. The Balaban J connectivity index is 1.70. The van der Waals surface area contributed by atoms with Crippen LogP contribution in [-0.2, 0) is 19.1 Å². The molecule has 2 aliphatic rings. The zero-order valence-electron chi connectivity index (χ0n) is 13.6. The van der Waals surface area contributed by atoms with Gasteiger partial charge in [-0.1, -0.05) is 19.3 Å². The molecule has 2 fully saturated rings. The van der Waals surface area contributed by atoms with E-state index in [-0.39, 0.29) is 12.0 Å². The number of amides is 3. The second kappa shape index (κ2) is 8.86. The molecule has 7 heteroatoms. The van der Waals surface area contributed by atoms with Gasteiger partial charge in [0.05, 0.1) is 5.92 Å². The molecule has 1 heterocycles. The van der Waals surface area contributed by atoms with Gasteiger partial charge in [-0.25, -0.2) is 4.79 Å². The first-order valence-corrected chi connectivity index (χ1v) is 8.46. The predicted molar refractivity (Wildman–Crippen MR) is 82.6 cm³/mol. The van der Waals surface area contributed by atoms with Crippen LogP contribution in [0.3, 0.4) is 0 Å². The van der Waals surface area contributed by atoms with Crippen molar-refractivity contribution in [1.82, 2.24) is 10.6 Å². The molecule has 1 saturated heterocycles. The zero-order valence-corrected chi connectivity index (χ0v) is 13.6. The summed E-state index contributed by atoms with van der Waals surface area (Å²) in [7, 11) is 0. The number of hydrogen-bond donors (Lipinski definition) is 2. The molecule has 3 amide bonds. The van der Waals surface area contributed by atoms with Crippen LogP contribution in [0.2, 0.25) is 0 Å². The van der Waals surface area contributed by atoms with Crippen LogP contribution in [-0.4, -0.2) is 43.3 Å². The highest BCUT2D eigenvalue weighted by Crippen LogP contribution is 2.18. The zero-order chi connectivity index (χ0) is 16.7. The van der Waals surface area contributed by atoms with Crippen molar-refractivity contribution in [3.05, 3.63) is 0 Å². The van der Waals surface area contributed by atoms with Crippen LogP contribution >= 0.6 is 0 Å². The maximum Gasteiger partial charge on any atom is 0.321 e. The van der Waals surface area contributed by atoms with Gasteiger partial charge in [0.2, 0.25) is 0 Å². The molecule has 130 valence electrons. The molecular weight excluding hydrogens is 300 g/mol. The van der Waals surface area contributed by atoms with Crippen molar-refractivity contribution in [3.8, 4) is 0 Å². The molecule has 2 rings (SSSR count). The lowest BCUT2D eigenvalue weighted by molar-refractivity contribution is -0.161. The lowest BCUT2D eigenvalue weighted by Crippen LogP contribution is -2.48. The van der Waals surface area contributed by atoms with E-state index in [4.69, 9.17) is 9.47 Å². The van der Waals surface area contributed by atoms with Crippen molar-refractivity contribution in [2.45, 2.75) is 64.0 Å². The van der Waals surface area contributed by atoms with Crippen molar-refractivity contribution in [2.75, 3.05) is 13.2 Å². The SMILES string of the molecule is C[C@@H](OC(=O)C1CCOCC1)C(=O)NC(=O)NC1CCCCC1. The van der Waals surface area contributed by atoms with E-state index in [1.807, 2.05) is 0 Å². The summed E-state index contributed by atoms with van der Waals surface area (Å²) >= 11 is 0. The third-order valence-electron chi connectivity index (χ3n) is 4.39. The molecule has 0 aromatic rings. The topological polar surface area (TPSA) is 93.7 Å². The Morgan fingerprint density at radius 2 is 1.70 bits per heavy atom. The summed E-state index contributed by atoms with van der Waals surface area (Å²) in [5.74, 6) is -1.22. The number of imide groups is 1. The Kier molecular flexibility index (Phi) is 6.83. The quantitative estimate of drug-likeness (QED) is 0.764. The van der Waals surface area contributed by atoms with Gasteiger partial charge in [0.15, 0.2) is 6.10 Å². The van der Waals surface area contributed by atoms with E-state index < -0.39 is 24.0 Å². The predicted octanol–water partition coefficient (Wildman–Crippen LogP) is 1.50. The van der Waals surface area contributed by atoms with Crippen LogP contribution in [0.1, 0.15) is 51.9 Å². The Morgan fingerprint density at radius 3 is 2.35 bits per heavy atom. The first-order chi connectivity index (χ1) is 11.1. The van der Waals surface area contributed by atoms with Gasteiger partial charge in [-0.15, -0.1) is 0 Å². The standard InChI is InChI=1S/C16H26N2O5/c1-11(23-15(20)12-7-9-22-10-8-12)14(19)18-16(21)17-13-5-3-2-4-6-13/h11-13H,2-10H2,1H3,(H2,17,18,19,21)/t11-/m1/s1. The Morgan fingerprint density at radius 1 is 1.04 bits per heavy atom. The fourth-order valence-electron chi connectivity index (χ4n) is 2.94. The summed E-state index contributed by atoms with van der Waals surface area (Å²) in [6.07, 6.45) is 5.49. The highest BCUT2D eigenvalue weighted by atomic mass is 16.5. The lowest BCUT2D eigenvalue weighted by atomic mass is 9.96. The van der Waals surface area contributed by atoms with Crippen LogP contribution in [0, 0.1) is 5.92 Å². The molecule has 1 saturated carbocycles. The molecular formula is C16H26N2O5. The number of esters is 1. The van der Waals surface area contributed by atoms with E-state index in [1.54, 1.807) is 0 Å². The smallest absolute Gasteiger partial charge is 0.321 e. The molecule has 0 aromatic heterocycles. The largest absolute Gasteiger partial charge is 0.452 e. The van der Waals surface area contributed by atoms with Crippen molar-refractivity contribution in [3.63, 3.8) is 0 Å². The normalized spacial score (nSPS) is 21.3. The van der Waals surface area contributed by atoms with Crippen molar-refractivity contribution in [2.24, 2.45) is 5.92 Å². The maximum atomic E-state index is 12.0. The monoisotopic (exact) mass is 326 g/mol. The Hall–Kier alpha value is -1.63. The van der Waals surface area contributed by atoms with Crippen LogP contribution in [0.4, 0.5) is 4.79 Å². The second-order valence-electron chi connectivity index (χ2n) is 6.26. The van der Waals surface area contributed by atoms with Gasteiger partial charge >= 0.3 is 12.0 Å². The summed E-state index contributed by atoms with van der Waals surface area (Å²) in [4.78, 5) is 35.7. The highest BCUT2D eigenvalue weighted by Gasteiger charge is 2.27. The molecule has 23 heavy (non-hydrogen) atoms. The van der Waals surface area contributed by atoms with E-state index in [0.29, 0.717) is 26.1 Å². The third-order valence-corrected chi connectivity index (χ3v) is 4.39. The molecule has 0 aromatic carbocycles. The minimum atomic E-state index is -0.984. The number of carbonyl (C=O) groups is 3. The van der Waals surface area contributed by atoms with Crippen molar-refractivity contribution >= 4 is 17.9 Å². The van der Waals surface area contributed by atoms with Crippen LogP contribution < -0.4 is 10.6 Å². The fraction of sp³-hybridized carbons (Fsp3) is 0.812. The van der Waals surface area contributed by atoms with Crippen LogP contribution in [0.25, 0.3) is 0 Å². The highest BCUT2D eigenvalue weighted by molar-refractivity contribution is 5.97. The average Bonchev–Trinajstić information content (AvgIpc) is 2.56. The average molecular weight is 326 g/mol. The van der Waals surface area contributed by atoms with Crippen LogP contribution in [0.5, 0.6) is 0 Å². The summed E-state index contributed by atoms with van der Waals surface area (Å²) < 4.78 is 10.3. The minimum absolute atomic E-state index is 0.122. The van der Waals surface area contributed by atoms with E-state index >= 15 is 0 Å². The summed E-state index contributed by atoms with van der Waals surface area (Å²) in [5, 5.41) is 5.04. The van der Waals surface area contributed by atoms with E-state index in [2.05, 4.69) is 10.6 Å². The molecule has 0 bridgehead atoms. The van der Waals surface area contributed by atoms with Gasteiger partial charge in [-0.2, -0.15) is 0 Å². The molecule has 1 atom stereocenters. The van der Waals surface area contributed by atoms with Crippen molar-refractivity contribution < 1.29 is 23.9 Å². The van der Waals surface area contributed by atoms with Gasteiger partial charge in [0, 0.05) is 19.3 Å². The first-order valence-electron chi connectivity index (χ1n) is 8.46. The molecule has 1 aliphatic heterocycles. The van der Waals surface area contributed by atoms with Gasteiger partial charge in [-0.3, -0.25) is 14.9 Å². The minimum Gasteiger partial charge on any atom is -0.452 e. The van der Waals surface area contributed by atoms with E-state index in [0.717, 1.165) is 25.7 Å². The van der Waals surface area contributed by atoms with Gasteiger partial charge < -0.3 is 14.8 Å². The molecule has 1 aliphatic carbocycles. The van der Waals surface area contributed by atoms with Gasteiger partial charge in [0.1, 0.15) is 0 Å². The number of hydrogen-bond acceptors (Lipinski definition) is 5. The Labute approximate surface area is 136 Å². The molecule has 0 unspecified atom stereocenters. The first kappa shape index (κ1) is 17.7. The van der Waals surface area contributed by atoms with Gasteiger partial charge in [-0.05, 0) is 32.6 Å². The lowest BCUT2D eigenvalue weighted by Gasteiger charge is -2.24. The molecule has 7 nitrogen and oxygen atoms in total. The summed E-state index contributed by atoms with van der Waals surface area (Å²) in [6.45, 7) is 2.54. The third kappa shape index (κ3) is 5.82. The summed E-state index contributed by atoms with van der Waals surface area (Å²) in [5.41, 5.74) is 0. The number of ether oxygens (including phenoxy) is 2. The summed E-state index contributed by atoms with van der Waals surface area (Å²) in [6, 6.07) is -0.396. The van der Waals surface area contributed by atoms with Crippen molar-refractivity contribution in [1.29, 1.82) is 0 Å². The number of urea groups is 1. The maximum absolute atomic E-state index is 12.0. The number of nitrogens with one attached hydrogen (secondary N) is 2.